The summed E-state index contributed by atoms with van der Waals surface area (Å²) in [6.07, 6.45) is 0.341. The van der Waals surface area contributed by atoms with Crippen LogP contribution < -0.4 is 0 Å². The summed E-state index contributed by atoms with van der Waals surface area (Å²) in [5.41, 5.74) is 0. The van der Waals surface area contributed by atoms with Crippen LogP contribution in [0, 0.1) is 0 Å². The predicted molar refractivity (Wildman–Crippen MR) is 51.4 cm³/mol. The van der Waals surface area contributed by atoms with Gasteiger partial charge in [-0.05, 0) is 13.8 Å². The Kier molecular flexibility index (Phi) is 3.38. The van der Waals surface area contributed by atoms with E-state index in [9.17, 15) is 0 Å². The normalized spacial score (nSPS) is 36.0. The van der Waals surface area contributed by atoms with E-state index in [4.69, 9.17) is 9.47 Å². The lowest BCUT2D eigenvalue weighted by Crippen LogP contribution is -2.24. The lowest BCUT2D eigenvalue weighted by atomic mass is 10.3. The summed E-state index contributed by atoms with van der Waals surface area (Å²) in [4.78, 5) is 0. The van der Waals surface area contributed by atoms with Crippen LogP contribution in [0.15, 0.2) is 0 Å². The van der Waals surface area contributed by atoms with Gasteiger partial charge >= 0.3 is 0 Å². The molecule has 0 unspecified atom stereocenters. The minimum Gasteiger partial charge on any atom is -0.344 e. The Morgan fingerprint density at radius 3 is 1.73 bits per heavy atom. The molecule has 1 heterocycles. The van der Waals surface area contributed by atoms with Crippen molar-refractivity contribution in [3.63, 3.8) is 0 Å². The Hall–Kier alpha value is 0.880. The van der Waals surface area contributed by atoms with Crippen LogP contribution in [-0.2, 0) is 9.47 Å². The summed E-state index contributed by atoms with van der Waals surface area (Å²) in [7, 11) is 0. The largest absolute Gasteiger partial charge is 0.344 e. The number of alkyl halides is 2. The van der Waals surface area contributed by atoms with E-state index in [-0.39, 0.29) is 12.2 Å². The van der Waals surface area contributed by atoms with E-state index >= 15 is 0 Å². The quantitative estimate of drug-likeness (QED) is 0.726. The van der Waals surface area contributed by atoms with Crippen molar-refractivity contribution in [1.82, 2.24) is 0 Å². The zero-order chi connectivity index (χ0) is 8.48. The standard InChI is InChI=1S/C7H12Br2O2/c1-7(2)10-5(3-8)6(4-9)11-7/h5-6H,3-4H2,1-2H3/t5-,6-/m0/s1. The summed E-state index contributed by atoms with van der Waals surface area (Å²) in [6.45, 7) is 3.87. The molecule has 11 heavy (non-hydrogen) atoms. The summed E-state index contributed by atoms with van der Waals surface area (Å²) in [5.74, 6) is -0.420. The second kappa shape index (κ2) is 3.73. The van der Waals surface area contributed by atoms with Crippen LogP contribution in [0.1, 0.15) is 13.8 Å². The lowest BCUT2D eigenvalue weighted by Gasteiger charge is -2.16. The minimum atomic E-state index is -0.420. The molecule has 0 amide bonds. The van der Waals surface area contributed by atoms with E-state index in [1.165, 1.54) is 0 Å². The molecule has 0 spiro atoms. The van der Waals surface area contributed by atoms with Gasteiger partial charge in [0.2, 0.25) is 0 Å². The van der Waals surface area contributed by atoms with Crippen molar-refractivity contribution in [1.29, 1.82) is 0 Å². The minimum absolute atomic E-state index is 0.171. The first-order valence-corrected chi connectivity index (χ1v) is 5.81. The van der Waals surface area contributed by atoms with Gasteiger partial charge in [-0.1, -0.05) is 31.9 Å². The summed E-state index contributed by atoms with van der Waals surface area (Å²) in [6, 6.07) is 0. The van der Waals surface area contributed by atoms with Crippen molar-refractivity contribution in [3.05, 3.63) is 0 Å². The Balaban J connectivity index is 2.55. The highest BCUT2D eigenvalue weighted by molar-refractivity contribution is 9.09. The average molecular weight is 288 g/mol. The summed E-state index contributed by atoms with van der Waals surface area (Å²) in [5, 5.41) is 1.65. The van der Waals surface area contributed by atoms with Gasteiger partial charge < -0.3 is 9.47 Å². The van der Waals surface area contributed by atoms with Crippen molar-refractivity contribution in [2.45, 2.75) is 31.8 Å². The monoisotopic (exact) mass is 286 g/mol. The summed E-state index contributed by atoms with van der Waals surface area (Å²) >= 11 is 6.77. The molecule has 2 nitrogen and oxygen atoms in total. The highest BCUT2D eigenvalue weighted by Crippen LogP contribution is 2.29. The number of rotatable bonds is 2. The molecule has 0 bridgehead atoms. The Morgan fingerprint density at radius 1 is 1.09 bits per heavy atom. The first-order chi connectivity index (χ1) is 5.09. The average Bonchev–Trinajstić information content (AvgIpc) is 2.25. The molecule has 1 fully saturated rings. The van der Waals surface area contributed by atoms with Crippen molar-refractivity contribution in [2.24, 2.45) is 0 Å². The number of hydrogen-bond donors (Lipinski definition) is 0. The van der Waals surface area contributed by atoms with Crippen LogP contribution in [0.2, 0.25) is 0 Å². The SMILES string of the molecule is CC1(C)O[C@@H](CBr)[C@H](CBr)O1. The van der Waals surface area contributed by atoms with E-state index in [0.29, 0.717) is 0 Å². The number of halogens is 2. The van der Waals surface area contributed by atoms with Gasteiger partial charge in [-0.15, -0.1) is 0 Å². The molecule has 66 valence electrons. The second-order valence-electron chi connectivity index (χ2n) is 3.02. The molecule has 0 aliphatic carbocycles. The molecule has 1 rings (SSSR count). The molecular formula is C7H12Br2O2. The van der Waals surface area contributed by atoms with E-state index in [0.717, 1.165) is 10.7 Å². The highest BCUT2D eigenvalue weighted by Gasteiger charge is 2.39. The molecule has 0 aromatic carbocycles. The van der Waals surface area contributed by atoms with Gasteiger partial charge in [-0.3, -0.25) is 0 Å². The molecule has 2 atom stereocenters. The zero-order valence-corrected chi connectivity index (χ0v) is 9.81. The van der Waals surface area contributed by atoms with Gasteiger partial charge in [0.05, 0.1) is 12.2 Å². The van der Waals surface area contributed by atoms with Crippen molar-refractivity contribution >= 4 is 31.9 Å². The van der Waals surface area contributed by atoms with Gasteiger partial charge in [0, 0.05) is 10.7 Å². The van der Waals surface area contributed by atoms with Crippen molar-refractivity contribution in [3.8, 4) is 0 Å². The van der Waals surface area contributed by atoms with Gasteiger partial charge in [0.25, 0.3) is 0 Å². The van der Waals surface area contributed by atoms with Crippen LogP contribution in [0.25, 0.3) is 0 Å². The molecule has 0 saturated carbocycles. The molecule has 0 N–H and O–H groups in total. The fraction of sp³-hybridized carbons (Fsp3) is 1.00. The van der Waals surface area contributed by atoms with Crippen LogP contribution in [0.3, 0.4) is 0 Å². The molecule has 0 aromatic heterocycles. The van der Waals surface area contributed by atoms with Crippen LogP contribution in [0.4, 0.5) is 0 Å². The molecule has 0 radical (unpaired) electrons. The first kappa shape index (κ1) is 9.96. The molecule has 1 aliphatic heterocycles. The topological polar surface area (TPSA) is 18.5 Å². The fourth-order valence-electron chi connectivity index (χ4n) is 1.17. The molecule has 1 saturated heterocycles. The van der Waals surface area contributed by atoms with Crippen LogP contribution >= 0.6 is 31.9 Å². The highest BCUT2D eigenvalue weighted by atomic mass is 79.9. The Bertz CT molecular complexity index is 124. The fourth-order valence-corrected chi connectivity index (χ4v) is 2.27. The second-order valence-corrected chi connectivity index (χ2v) is 4.32. The van der Waals surface area contributed by atoms with Gasteiger partial charge in [0.1, 0.15) is 0 Å². The lowest BCUT2D eigenvalue weighted by molar-refractivity contribution is -0.142. The zero-order valence-electron chi connectivity index (χ0n) is 6.64. The van der Waals surface area contributed by atoms with Gasteiger partial charge in [0.15, 0.2) is 5.79 Å². The van der Waals surface area contributed by atoms with Gasteiger partial charge in [-0.2, -0.15) is 0 Å². The molecular weight excluding hydrogens is 276 g/mol. The Morgan fingerprint density at radius 2 is 1.45 bits per heavy atom. The third kappa shape index (κ3) is 2.41. The Labute approximate surface area is 83.9 Å². The third-order valence-electron chi connectivity index (χ3n) is 1.59. The molecule has 4 heteroatoms. The number of ether oxygens (including phenoxy) is 2. The van der Waals surface area contributed by atoms with Crippen molar-refractivity contribution in [2.75, 3.05) is 10.7 Å². The van der Waals surface area contributed by atoms with Gasteiger partial charge in [-0.25, -0.2) is 0 Å². The van der Waals surface area contributed by atoms with E-state index in [1.54, 1.807) is 0 Å². The maximum atomic E-state index is 5.60. The van der Waals surface area contributed by atoms with E-state index in [1.807, 2.05) is 13.8 Å². The predicted octanol–water partition coefficient (Wildman–Crippen LogP) is 2.30. The molecule has 0 aromatic rings. The van der Waals surface area contributed by atoms with E-state index < -0.39 is 5.79 Å². The van der Waals surface area contributed by atoms with Crippen molar-refractivity contribution < 1.29 is 9.47 Å². The summed E-state index contributed by atoms with van der Waals surface area (Å²) < 4.78 is 11.2. The van der Waals surface area contributed by atoms with Crippen LogP contribution in [-0.4, -0.2) is 28.7 Å². The maximum absolute atomic E-state index is 5.60. The van der Waals surface area contributed by atoms with Crippen LogP contribution in [0.5, 0.6) is 0 Å². The third-order valence-corrected chi connectivity index (χ3v) is 2.87. The molecule has 1 aliphatic rings. The maximum Gasteiger partial charge on any atom is 0.163 e. The number of hydrogen-bond acceptors (Lipinski definition) is 2. The first-order valence-electron chi connectivity index (χ1n) is 3.56. The van der Waals surface area contributed by atoms with E-state index in [2.05, 4.69) is 31.9 Å². The smallest absolute Gasteiger partial charge is 0.163 e.